The summed E-state index contributed by atoms with van der Waals surface area (Å²) in [6.07, 6.45) is 1.39. The molecular formula is C19H24N2O3S2. The summed E-state index contributed by atoms with van der Waals surface area (Å²) in [7, 11) is -3.52. The van der Waals surface area contributed by atoms with Gasteiger partial charge in [0.1, 0.15) is 4.21 Å². The zero-order valence-corrected chi connectivity index (χ0v) is 16.9. The van der Waals surface area contributed by atoms with Gasteiger partial charge in [-0.05, 0) is 57.4 Å². The minimum atomic E-state index is -3.52. The van der Waals surface area contributed by atoms with Crippen LogP contribution in [0, 0.1) is 26.7 Å². The van der Waals surface area contributed by atoms with Gasteiger partial charge in [0, 0.05) is 23.7 Å². The van der Waals surface area contributed by atoms with Gasteiger partial charge in [0.15, 0.2) is 0 Å². The van der Waals surface area contributed by atoms with Crippen LogP contribution in [-0.2, 0) is 14.8 Å². The molecule has 1 saturated heterocycles. The van der Waals surface area contributed by atoms with Gasteiger partial charge in [0.05, 0.1) is 5.92 Å². The highest BCUT2D eigenvalue weighted by Crippen LogP contribution is 2.29. The Balaban J connectivity index is 1.72. The van der Waals surface area contributed by atoms with E-state index in [4.69, 9.17) is 0 Å². The van der Waals surface area contributed by atoms with Gasteiger partial charge in [-0.25, -0.2) is 8.42 Å². The molecular weight excluding hydrogens is 368 g/mol. The molecule has 5 nitrogen and oxygen atoms in total. The zero-order chi connectivity index (χ0) is 18.9. The van der Waals surface area contributed by atoms with Crippen molar-refractivity contribution in [2.75, 3.05) is 18.4 Å². The normalized spacial score (nSPS) is 18.7. The van der Waals surface area contributed by atoms with E-state index in [1.807, 2.05) is 45.0 Å². The van der Waals surface area contributed by atoms with Crippen LogP contribution < -0.4 is 5.32 Å². The number of hydrogen-bond donors (Lipinski definition) is 1. The Morgan fingerprint density at radius 3 is 2.62 bits per heavy atom. The van der Waals surface area contributed by atoms with Crippen molar-refractivity contribution in [2.45, 2.75) is 37.8 Å². The van der Waals surface area contributed by atoms with Gasteiger partial charge in [0.2, 0.25) is 5.91 Å². The second kappa shape index (κ2) is 7.50. The summed E-state index contributed by atoms with van der Waals surface area (Å²) < 4.78 is 27.5. The maximum absolute atomic E-state index is 12.8. The molecule has 1 amide bonds. The zero-order valence-electron chi connectivity index (χ0n) is 15.3. The van der Waals surface area contributed by atoms with Gasteiger partial charge in [-0.1, -0.05) is 17.7 Å². The molecule has 1 aromatic heterocycles. The summed E-state index contributed by atoms with van der Waals surface area (Å²) in [4.78, 5) is 13.7. The molecule has 7 heteroatoms. The first-order chi connectivity index (χ1) is 12.3. The number of nitrogens with zero attached hydrogens (tertiary/aromatic N) is 1. The first-order valence-corrected chi connectivity index (χ1v) is 11.0. The van der Waals surface area contributed by atoms with Crippen LogP contribution in [0.4, 0.5) is 5.69 Å². The lowest BCUT2D eigenvalue weighted by atomic mass is 9.98. The summed E-state index contributed by atoms with van der Waals surface area (Å²) in [6, 6.07) is 9.33. The third-order valence-electron chi connectivity index (χ3n) is 4.70. The van der Waals surface area contributed by atoms with Crippen molar-refractivity contribution in [1.82, 2.24) is 4.31 Å². The van der Waals surface area contributed by atoms with Gasteiger partial charge < -0.3 is 5.32 Å². The lowest BCUT2D eigenvalue weighted by Gasteiger charge is -2.31. The molecule has 1 aliphatic rings. The number of carbonyl (C=O) groups is 1. The molecule has 0 bridgehead atoms. The fourth-order valence-corrected chi connectivity index (χ4v) is 6.20. The average molecular weight is 393 g/mol. The lowest BCUT2D eigenvalue weighted by molar-refractivity contribution is -0.120. The third kappa shape index (κ3) is 4.00. The largest absolute Gasteiger partial charge is 0.326 e. The van der Waals surface area contributed by atoms with Crippen molar-refractivity contribution < 1.29 is 13.2 Å². The molecule has 2 heterocycles. The highest BCUT2D eigenvalue weighted by molar-refractivity contribution is 7.91. The Labute approximate surface area is 159 Å². The molecule has 0 saturated carbocycles. The summed E-state index contributed by atoms with van der Waals surface area (Å²) in [5.74, 6) is -0.445. The van der Waals surface area contributed by atoms with E-state index in [1.165, 1.54) is 15.6 Å². The number of piperidine rings is 1. The molecule has 1 aliphatic heterocycles. The first kappa shape index (κ1) is 19.1. The lowest BCUT2D eigenvalue weighted by Crippen LogP contribution is -2.43. The van der Waals surface area contributed by atoms with Crippen molar-refractivity contribution in [2.24, 2.45) is 5.92 Å². The van der Waals surface area contributed by atoms with Crippen LogP contribution in [0.2, 0.25) is 0 Å². The Morgan fingerprint density at radius 2 is 1.96 bits per heavy atom. The standard InChI is InChI=1S/C19H24N2O3S2/c1-13-6-8-17(14(2)11-13)20-19(22)16-5-4-10-21(12-16)26(23,24)18-9-7-15(3)25-18/h6-9,11,16H,4-5,10,12H2,1-3H3,(H,20,22)/t16-/m1/s1. The van der Waals surface area contributed by atoms with E-state index in [-0.39, 0.29) is 18.4 Å². The van der Waals surface area contributed by atoms with Crippen LogP contribution in [0.3, 0.4) is 0 Å². The minimum absolute atomic E-state index is 0.112. The molecule has 1 fully saturated rings. The molecule has 26 heavy (non-hydrogen) atoms. The predicted molar refractivity (Wildman–Crippen MR) is 105 cm³/mol. The van der Waals surface area contributed by atoms with E-state index in [9.17, 15) is 13.2 Å². The molecule has 0 radical (unpaired) electrons. The average Bonchev–Trinajstić information content (AvgIpc) is 3.05. The van der Waals surface area contributed by atoms with Crippen molar-refractivity contribution in [3.8, 4) is 0 Å². The number of aryl methyl sites for hydroxylation is 3. The molecule has 140 valence electrons. The van der Waals surface area contributed by atoms with Crippen LogP contribution in [0.15, 0.2) is 34.5 Å². The number of thiophene rings is 1. The van der Waals surface area contributed by atoms with Crippen LogP contribution in [-0.4, -0.2) is 31.7 Å². The number of hydrogen-bond acceptors (Lipinski definition) is 4. The number of rotatable bonds is 4. The van der Waals surface area contributed by atoms with E-state index >= 15 is 0 Å². The molecule has 1 atom stereocenters. The van der Waals surface area contributed by atoms with E-state index in [0.29, 0.717) is 23.6 Å². The fraction of sp³-hybridized carbons (Fsp3) is 0.421. The van der Waals surface area contributed by atoms with Gasteiger partial charge in [-0.3, -0.25) is 4.79 Å². The van der Waals surface area contributed by atoms with Gasteiger partial charge >= 0.3 is 0 Å². The molecule has 2 aromatic rings. The Kier molecular flexibility index (Phi) is 5.50. The number of carbonyl (C=O) groups excluding carboxylic acids is 1. The first-order valence-electron chi connectivity index (χ1n) is 8.72. The van der Waals surface area contributed by atoms with Crippen molar-refractivity contribution >= 4 is 33.0 Å². The summed E-state index contributed by atoms with van der Waals surface area (Å²) in [5, 5.41) is 2.97. The second-order valence-electron chi connectivity index (χ2n) is 6.87. The summed E-state index contributed by atoms with van der Waals surface area (Å²) in [5.41, 5.74) is 2.93. The third-order valence-corrected chi connectivity index (χ3v) is 8.04. The van der Waals surface area contributed by atoms with Crippen molar-refractivity contribution in [1.29, 1.82) is 0 Å². The maximum atomic E-state index is 12.8. The maximum Gasteiger partial charge on any atom is 0.252 e. The summed E-state index contributed by atoms with van der Waals surface area (Å²) in [6.45, 7) is 6.55. The number of benzene rings is 1. The molecule has 0 spiro atoms. The fourth-order valence-electron chi connectivity index (χ4n) is 3.24. The van der Waals surface area contributed by atoms with Crippen LogP contribution in [0.1, 0.15) is 28.8 Å². The Bertz CT molecular complexity index is 919. The Morgan fingerprint density at radius 1 is 1.19 bits per heavy atom. The molecule has 1 aromatic carbocycles. The Hall–Kier alpha value is -1.70. The highest BCUT2D eigenvalue weighted by Gasteiger charge is 2.34. The van der Waals surface area contributed by atoms with Gasteiger partial charge in [-0.2, -0.15) is 4.31 Å². The number of anilines is 1. The second-order valence-corrected chi connectivity index (χ2v) is 10.3. The molecule has 0 unspecified atom stereocenters. The molecule has 3 rings (SSSR count). The van der Waals surface area contributed by atoms with Crippen LogP contribution in [0.5, 0.6) is 0 Å². The predicted octanol–water partition coefficient (Wildman–Crippen LogP) is 3.71. The van der Waals surface area contributed by atoms with Crippen molar-refractivity contribution in [3.63, 3.8) is 0 Å². The number of nitrogens with one attached hydrogen (secondary N) is 1. The smallest absolute Gasteiger partial charge is 0.252 e. The quantitative estimate of drug-likeness (QED) is 0.862. The number of sulfonamides is 1. The highest BCUT2D eigenvalue weighted by atomic mass is 32.2. The summed E-state index contributed by atoms with van der Waals surface area (Å²) >= 11 is 1.27. The van der Waals surface area contributed by atoms with E-state index in [2.05, 4.69) is 5.32 Å². The van der Waals surface area contributed by atoms with Gasteiger partial charge in [-0.15, -0.1) is 11.3 Å². The van der Waals surface area contributed by atoms with E-state index < -0.39 is 10.0 Å². The van der Waals surface area contributed by atoms with Crippen LogP contribution >= 0.6 is 11.3 Å². The van der Waals surface area contributed by atoms with Crippen LogP contribution in [0.25, 0.3) is 0 Å². The topological polar surface area (TPSA) is 66.5 Å². The van der Waals surface area contributed by atoms with Gasteiger partial charge in [0.25, 0.3) is 10.0 Å². The molecule has 0 aliphatic carbocycles. The minimum Gasteiger partial charge on any atom is -0.326 e. The van der Waals surface area contributed by atoms with E-state index in [1.54, 1.807) is 6.07 Å². The SMILES string of the molecule is Cc1ccc(NC(=O)[C@@H]2CCCN(S(=O)(=O)c3ccc(C)s3)C2)c(C)c1. The molecule has 1 N–H and O–H groups in total. The monoisotopic (exact) mass is 392 g/mol. The number of amides is 1. The van der Waals surface area contributed by atoms with E-state index in [0.717, 1.165) is 21.7 Å². The van der Waals surface area contributed by atoms with Crippen molar-refractivity contribution in [3.05, 3.63) is 46.3 Å².